The molecule has 242 valence electrons. The summed E-state index contributed by atoms with van der Waals surface area (Å²) in [5.41, 5.74) is 3.09. The van der Waals surface area contributed by atoms with Crippen LogP contribution < -0.4 is 9.47 Å². The molecule has 0 atom stereocenters. The van der Waals surface area contributed by atoms with Gasteiger partial charge >= 0.3 is 6.36 Å². The summed E-state index contributed by atoms with van der Waals surface area (Å²) in [6.45, 7) is 2.74. The maximum atomic E-state index is 12.2. The molecule has 0 unspecified atom stereocenters. The molecule has 2 aromatic heterocycles. The largest absolute Gasteiger partial charge is 0.573 e. The van der Waals surface area contributed by atoms with Gasteiger partial charge in [-0.2, -0.15) is 8.42 Å². The fraction of sp³-hybridized carbons (Fsp3) is 0.219. The maximum Gasteiger partial charge on any atom is 0.573 e. The van der Waals surface area contributed by atoms with Gasteiger partial charge in [0.1, 0.15) is 30.1 Å². The molecule has 0 radical (unpaired) electrons. The van der Waals surface area contributed by atoms with Crippen molar-refractivity contribution in [2.24, 2.45) is 0 Å². The van der Waals surface area contributed by atoms with Gasteiger partial charge in [-0.1, -0.05) is 47.7 Å². The Bertz CT molecular complexity index is 1790. The average Bonchev–Trinajstić information content (AvgIpc) is 3.70. The van der Waals surface area contributed by atoms with E-state index in [1.54, 1.807) is 43.5 Å². The van der Waals surface area contributed by atoms with E-state index >= 15 is 0 Å². The monoisotopic (exact) mass is 656 g/mol. The van der Waals surface area contributed by atoms with Crippen LogP contribution in [0.5, 0.6) is 11.5 Å². The average molecular weight is 657 g/mol. The first-order chi connectivity index (χ1) is 21.9. The molecule has 0 aliphatic heterocycles. The predicted octanol–water partition coefficient (Wildman–Crippen LogP) is 7.18. The van der Waals surface area contributed by atoms with Crippen LogP contribution in [0.15, 0.2) is 101 Å². The molecule has 0 fully saturated rings. The van der Waals surface area contributed by atoms with Gasteiger partial charge in [0.15, 0.2) is 0 Å². The number of alkyl halides is 3. The molecular formula is C32H31F3N4O6S. The normalized spacial score (nSPS) is 11.7. The van der Waals surface area contributed by atoms with Crippen molar-refractivity contribution in [3.8, 4) is 11.5 Å². The van der Waals surface area contributed by atoms with Crippen LogP contribution in [0.4, 0.5) is 13.2 Å². The van der Waals surface area contributed by atoms with Gasteiger partial charge < -0.3 is 13.9 Å². The summed E-state index contributed by atoms with van der Waals surface area (Å²) in [5.74, 6) is 0.819. The number of aromatic nitrogens is 4. The highest BCUT2D eigenvalue weighted by Crippen LogP contribution is 2.23. The molecule has 5 aromatic rings. The Balaban J connectivity index is 0.000000369. The zero-order chi connectivity index (χ0) is 33.0. The molecular weight excluding hydrogens is 625 g/mol. The third-order valence-electron chi connectivity index (χ3n) is 6.36. The van der Waals surface area contributed by atoms with Crippen LogP contribution in [0.25, 0.3) is 12.2 Å². The van der Waals surface area contributed by atoms with Gasteiger partial charge in [0.2, 0.25) is 5.89 Å². The van der Waals surface area contributed by atoms with Crippen molar-refractivity contribution < 1.29 is 40.0 Å². The number of unbranched alkanes of at least 4 members (excludes halogenated alkanes) is 1. The van der Waals surface area contributed by atoms with Crippen molar-refractivity contribution in [3.63, 3.8) is 0 Å². The Morgan fingerprint density at radius 1 is 0.957 bits per heavy atom. The number of nitrogens with zero attached hydrogens (tertiary/aromatic N) is 4. The van der Waals surface area contributed by atoms with E-state index in [1.807, 2.05) is 35.1 Å². The summed E-state index contributed by atoms with van der Waals surface area (Å²) < 4.78 is 83.4. The number of halogens is 3. The fourth-order valence-electron chi connectivity index (χ4n) is 4.12. The molecule has 0 saturated heterocycles. The van der Waals surface area contributed by atoms with Crippen molar-refractivity contribution in [1.82, 2.24) is 20.0 Å². The quantitative estimate of drug-likeness (QED) is 0.110. The predicted molar refractivity (Wildman–Crippen MR) is 163 cm³/mol. The molecule has 46 heavy (non-hydrogen) atoms. The van der Waals surface area contributed by atoms with E-state index in [-0.39, 0.29) is 17.3 Å². The lowest BCUT2D eigenvalue weighted by molar-refractivity contribution is -0.274. The summed E-state index contributed by atoms with van der Waals surface area (Å²) >= 11 is 0. The third-order valence-corrected chi connectivity index (χ3v) is 7.37. The van der Waals surface area contributed by atoms with Crippen molar-refractivity contribution in [3.05, 3.63) is 120 Å². The number of hydrogen-bond donors (Lipinski definition) is 1. The first-order valence-corrected chi connectivity index (χ1v) is 15.5. The van der Waals surface area contributed by atoms with Crippen molar-refractivity contribution >= 4 is 22.3 Å². The molecule has 10 nitrogen and oxygen atoms in total. The summed E-state index contributed by atoms with van der Waals surface area (Å²) in [5, 5.41) is 7.75. The molecule has 0 spiro atoms. The molecule has 0 saturated carbocycles. The van der Waals surface area contributed by atoms with Crippen LogP contribution >= 0.6 is 0 Å². The van der Waals surface area contributed by atoms with E-state index in [9.17, 15) is 21.6 Å². The topological polar surface area (TPSA) is 130 Å². The summed E-state index contributed by atoms with van der Waals surface area (Å²) in [6.07, 6.45) is 6.70. The lowest BCUT2D eigenvalue weighted by Crippen LogP contribution is -2.16. The van der Waals surface area contributed by atoms with Gasteiger partial charge in [0.25, 0.3) is 10.1 Å². The van der Waals surface area contributed by atoms with Gasteiger partial charge in [0.05, 0.1) is 11.1 Å². The Kier molecular flexibility index (Phi) is 11.7. The zero-order valence-electron chi connectivity index (χ0n) is 24.7. The van der Waals surface area contributed by atoms with Crippen molar-refractivity contribution in [1.29, 1.82) is 0 Å². The molecule has 3 aromatic carbocycles. The minimum absolute atomic E-state index is 0.0278. The summed E-state index contributed by atoms with van der Waals surface area (Å²) in [6, 6.07) is 19.7. The molecule has 14 heteroatoms. The maximum absolute atomic E-state index is 12.2. The molecule has 0 aliphatic rings. The van der Waals surface area contributed by atoms with Gasteiger partial charge in [-0.15, -0.1) is 18.3 Å². The van der Waals surface area contributed by atoms with Crippen molar-refractivity contribution in [2.45, 2.75) is 50.6 Å². The second-order valence-electron chi connectivity index (χ2n) is 9.92. The summed E-state index contributed by atoms with van der Waals surface area (Å²) in [4.78, 5) is 4.30. The Morgan fingerprint density at radius 2 is 1.67 bits per heavy atom. The number of hydrogen-bond acceptors (Lipinski definition) is 8. The van der Waals surface area contributed by atoms with Crippen LogP contribution in [0.3, 0.4) is 0 Å². The lowest BCUT2D eigenvalue weighted by atomic mass is 10.1. The minimum Gasteiger partial charge on any atom is -0.487 e. The molecule has 0 amide bonds. The van der Waals surface area contributed by atoms with E-state index in [2.05, 4.69) is 20.0 Å². The molecule has 0 bridgehead atoms. The first kappa shape index (κ1) is 33.9. The van der Waals surface area contributed by atoms with Gasteiger partial charge in [-0.3, -0.25) is 9.23 Å². The number of ether oxygens (including phenoxy) is 2. The smallest absolute Gasteiger partial charge is 0.487 e. The Morgan fingerprint density at radius 3 is 2.30 bits per heavy atom. The van der Waals surface area contributed by atoms with E-state index in [4.69, 9.17) is 13.7 Å². The second kappa shape index (κ2) is 15.9. The van der Waals surface area contributed by atoms with Crippen LogP contribution in [0.2, 0.25) is 0 Å². The number of aryl methyl sites for hydroxylation is 3. The summed E-state index contributed by atoms with van der Waals surface area (Å²) in [7, 11) is -4.03. The van der Waals surface area contributed by atoms with Gasteiger partial charge in [-0.05, 0) is 79.3 Å². The lowest BCUT2D eigenvalue weighted by Gasteiger charge is -2.08. The second-order valence-corrected chi connectivity index (χ2v) is 11.3. The van der Waals surface area contributed by atoms with Crippen LogP contribution in [-0.4, -0.2) is 39.3 Å². The van der Waals surface area contributed by atoms with E-state index in [0.717, 1.165) is 31.6 Å². The highest BCUT2D eigenvalue weighted by atomic mass is 32.2. The molecule has 1 N–H and O–H groups in total. The van der Waals surface area contributed by atoms with Gasteiger partial charge in [-0.25, -0.2) is 4.98 Å². The van der Waals surface area contributed by atoms with E-state index in [1.165, 1.54) is 42.2 Å². The number of benzene rings is 3. The van der Waals surface area contributed by atoms with E-state index in [0.29, 0.717) is 22.7 Å². The van der Waals surface area contributed by atoms with E-state index < -0.39 is 16.5 Å². The third kappa shape index (κ3) is 11.5. The minimum atomic E-state index is -4.71. The highest BCUT2D eigenvalue weighted by molar-refractivity contribution is 7.85. The zero-order valence-corrected chi connectivity index (χ0v) is 25.5. The highest BCUT2D eigenvalue weighted by Gasteiger charge is 2.30. The molecule has 2 heterocycles. The number of rotatable bonds is 12. The molecule has 0 aliphatic carbocycles. The van der Waals surface area contributed by atoms with Gasteiger partial charge in [0, 0.05) is 18.8 Å². The van der Waals surface area contributed by atoms with Crippen LogP contribution in [0.1, 0.15) is 41.1 Å². The van der Waals surface area contributed by atoms with Crippen molar-refractivity contribution in [2.75, 3.05) is 0 Å². The molecule has 5 rings (SSSR count). The first-order valence-electron chi connectivity index (χ1n) is 14.0. The standard InChI is InChI=1S/C25H23F3N4O3.C7H8O3S/c26-25(27,28)35-23-11-6-20(7-12-23)8-13-24-30-21(18-34-24)17-33-22-9-4-19(5-10-22)3-1-2-15-32-16-14-29-31-32;1-6-4-2-3-5-7(6)11(8,9)10/h4-14,16,18H,1-3,15,17H2;2-5H,1H3,(H,8,9,10). The SMILES string of the molecule is Cc1ccccc1S(=O)(=O)O.FC(F)(F)Oc1ccc(C=Cc2nc(COc3ccc(CCCCn4ccnn4)cc3)co2)cc1. The Labute approximate surface area is 263 Å². The van der Waals surface area contributed by atoms with Crippen LogP contribution in [-0.2, 0) is 29.7 Å². The fourth-order valence-corrected chi connectivity index (χ4v) is 4.85. The number of oxazole rings is 1. The Hall–Kier alpha value is -4.95. The van der Waals surface area contributed by atoms with Crippen LogP contribution in [0, 0.1) is 6.92 Å².